The number of benzene rings is 1. The van der Waals surface area contributed by atoms with Crippen molar-refractivity contribution in [3.8, 4) is 0 Å². The third kappa shape index (κ3) is 1.90. The molecule has 2 N–H and O–H groups in total. The Morgan fingerprint density at radius 2 is 2.00 bits per heavy atom. The summed E-state index contributed by atoms with van der Waals surface area (Å²) >= 11 is 12.1. The van der Waals surface area contributed by atoms with Gasteiger partial charge in [0.05, 0.1) is 0 Å². The quantitative estimate of drug-likeness (QED) is 0.675. The van der Waals surface area contributed by atoms with Gasteiger partial charge in [0.15, 0.2) is 0 Å². The highest BCUT2D eigenvalue weighted by atomic mass is 35.5. The van der Waals surface area contributed by atoms with Crippen molar-refractivity contribution in [3.05, 3.63) is 33.3 Å². The molecule has 0 radical (unpaired) electrons. The van der Waals surface area contributed by atoms with E-state index in [1.807, 2.05) is 6.07 Å². The van der Waals surface area contributed by atoms with Crippen LogP contribution in [0.3, 0.4) is 0 Å². The van der Waals surface area contributed by atoms with Crippen molar-refractivity contribution in [1.29, 1.82) is 0 Å². The van der Waals surface area contributed by atoms with Crippen LogP contribution in [0.4, 0.5) is 0 Å². The minimum absolute atomic E-state index is 0.101. The molecule has 1 aliphatic rings. The SMILES string of the molecule is N[C@@H]1CCCCc2c(Cl)cc(Cl)cc21. The van der Waals surface area contributed by atoms with Gasteiger partial charge in [0.1, 0.15) is 0 Å². The van der Waals surface area contributed by atoms with Gasteiger partial charge in [-0.05, 0) is 42.5 Å². The first-order valence-corrected chi connectivity index (χ1v) is 5.67. The average Bonchev–Trinajstić information content (AvgIpc) is 2.29. The van der Waals surface area contributed by atoms with Gasteiger partial charge in [0.25, 0.3) is 0 Å². The fourth-order valence-corrected chi connectivity index (χ4v) is 2.64. The minimum atomic E-state index is 0.101. The van der Waals surface area contributed by atoms with E-state index in [0.29, 0.717) is 5.02 Å². The van der Waals surface area contributed by atoms with E-state index in [4.69, 9.17) is 28.9 Å². The van der Waals surface area contributed by atoms with Crippen LogP contribution in [0.2, 0.25) is 10.0 Å². The molecule has 0 unspecified atom stereocenters. The maximum absolute atomic E-state index is 6.15. The molecule has 1 aromatic rings. The molecule has 0 heterocycles. The lowest BCUT2D eigenvalue weighted by Gasteiger charge is -2.14. The summed E-state index contributed by atoms with van der Waals surface area (Å²) < 4.78 is 0. The van der Waals surface area contributed by atoms with E-state index in [1.54, 1.807) is 6.07 Å². The van der Waals surface area contributed by atoms with Crippen molar-refractivity contribution in [3.63, 3.8) is 0 Å². The number of halogens is 2. The summed E-state index contributed by atoms with van der Waals surface area (Å²) in [6, 6.07) is 3.86. The molecule has 0 fully saturated rings. The summed E-state index contributed by atoms with van der Waals surface area (Å²) in [4.78, 5) is 0. The first-order chi connectivity index (χ1) is 6.68. The molecule has 3 heteroatoms. The lowest BCUT2D eigenvalue weighted by Crippen LogP contribution is -2.10. The van der Waals surface area contributed by atoms with Crippen LogP contribution in [-0.2, 0) is 6.42 Å². The average molecular weight is 230 g/mol. The fraction of sp³-hybridized carbons (Fsp3) is 0.455. The topological polar surface area (TPSA) is 26.0 Å². The molecule has 1 atom stereocenters. The first-order valence-electron chi connectivity index (χ1n) is 4.92. The van der Waals surface area contributed by atoms with E-state index in [0.717, 1.165) is 23.4 Å². The Bertz CT molecular complexity index is 349. The zero-order chi connectivity index (χ0) is 10.1. The Morgan fingerprint density at radius 3 is 2.79 bits per heavy atom. The van der Waals surface area contributed by atoms with Gasteiger partial charge in [-0.25, -0.2) is 0 Å². The predicted molar refractivity (Wildman–Crippen MR) is 60.9 cm³/mol. The van der Waals surface area contributed by atoms with Gasteiger partial charge in [0.2, 0.25) is 0 Å². The van der Waals surface area contributed by atoms with Gasteiger partial charge >= 0.3 is 0 Å². The molecule has 14 heavy (non-hydrogen) atoms. The molecule has 0 spiro atoms. The minimum Gasteiger partial charge on any atom is -0.324 e. The Labute approximate surface area is 94.2 Å². The summed E-state index contributed by atoms with van der Waals surface area (Å²) in [6.07, 6.45) is 4.40. The van der Waals surface area contributed by atoms with Crippen molar-refractivity contribution < 1.29 is 0 Å². The van der Waals surface area contributed by atoms with Crippen molar-refractivity contribution in [1.82, 2.24) is 0 Å². The van der Waals surface area contributed by atoms with Crippen molar-refractivity contribution in [2.24, 2.45) is 5.73 Å². The molecular weight excluding hydrogens is 217 g/mol. The summed E-state index contributed by atoms with van der Waals surface area (Å²) in [5.74, 6) is 0. The Balaban J connectivity index is 2.53. The molecule has 1 aromatic carbocycles. The van der Waals surface area contributed by atoms with Gasteiger partial charge in [-0.15, -0.1) is 0 Å². The number of fused-ring (bicyclic) bond motifs is 1. The van der Waals surface area contributed by atoms with Crippen LogP contribution >= 0.6 is 23.2 Å². The first kappa shape index (κ1) is 10.3. The predicted octanol–water partition coefficient (Wildman–Crippen LogP) is 3.72. The normalized spacial score (nSPS) is 21.5. The zero-order valence-corrected chi connectivity index (χ0v) is 9.41. The number of hydrogen-bond acceptors (Lipinski definition) is 1. The number of hydrogen-bond donors (Lipinski definition) is 1. The molecule has 76 valence electrons. The highest BCUT2D eigenvalue weighted by molar-refractivity contribution is 6.35. The zero-order valence-electron chi connectivity index (χ0n) is 7.89. The van der Waals surface area contributed by atoms with E-state index < -0.39 is 0 Å². The van der Waals surface area contributed by atoms with Gasteiger partial charge in [-0.2, -0.15) is 0 Å². The Kier molecular flexibility index (Phi) is 3.01. The molecular formula is C11H13Cl2N. The maximum Gasteiger partial charge on any atom is 0.0456 e. The second-order valence-electron chi connectivity index (χ2n) is 3.81. The standard InChI is InChI=1S/C11H13Cl2N/c12-7-5-9-8(10(13)6-7)3-1-2-4-11(9)14/h5-6,11H,1-4,14H2/t11-/m1/s1. The monoisotopic (exact) mass is 229 g/mol. The van der Waals surface area contributed by atoms with Gasteiger partial charge < -0.3 is 5.73 Å². The lowest BCUT2D eigenvalue weighted by molar-refractivity contribution is 0.615. The van der Waals surface area contributed by atoms with Crippen molar-refractivity contribution in [2.75, 3.05) is 0 Å². The molecule has 1 aliphatic carbocycles. The molecule has 1 nitrogen and oxygen atoms in total. The smallest absolute Gasteiger partial charge is 0.0456 e. The van der Waals surface area contributed by atoms with Gasteiger partial charge in [0, 0.05) is 16.1 Å². The van der Waals surface area contributed by atoms with Crippen molar-refractivity contribution in [2.45, 2.75) is 31.7 Å². The van der Waals surface area contributed by atoms with Crippen LogP contribution in [-0.4, -0.2) is 0 Å². The molecule has 0 saturated heterocycles. The highest BCUT2D eigenvalue weighted by Gasteiger charge is 2.17. The lowest BCUT2D eigenvalue weighted by atomic mass is 10.00. The Hall–Kier alpha value is -0.240. The second-order valence-corrected chi connectivity index (χ2v) is 4.65. The second kappa shape index (κ2) is 4.09. The summed E-state index contributed by atoms with van der Waals surface area (Å²) in [7, 11) is 0. The molecule has 0 aromatic heterocycles. The van der Waals surface area contributed by atoms with Crippen LogP contribution in [0.25, 0.3) is 0 Å². The van der Waals surface area contributed by atoms with Crippen LogP contribution in [0.15, 0.2) is 12.1 Å². The largest absolute Gasteiger partial charge is 0.324 e. The van der Waals surface area contributed by atoms with Crippen LogP contribution in [0.5, 0.6) is 0 Å². The van der Waals surface area contributed by atoms with E-state index in [1.165, 1.54) is 18.4 Å². The third-order valence-electron chi connectivity index (χ3n) is 2.79. The van der Waals surface area contributed by atoms with Crippen LogP contribution in [0, 0.1) is 0 Å². The maximum atomic E-state index is 6.15. The number of nitrogens with two attached hydrogens (primary N) is 1. The van der Waals surface area contributed by atoms with Crippen LogP contribution < -0.4 is 5.73 Å². The molecule has 0 saturated carbocycles. The van der Waals surface area contributed by atoms with Gasteiger partial charge in [-0.3, -0.25) is 0 Å². The van der Waals surface area contributed by atoms with E-state index >= 15 is 0 Å². The molecule has 0 bridgehead atoms. The molecule has 0 amide bonds. The van der Waals surface area contributed by atoms with Crippen molar-refractivity contribution >= 4 is 23.2 Å². The van der Waals surface area contributed by atoms with E-state index in [-0.39, 0.29) is 6.04 Å². The Morgan fingerprint density at radius 1 is 1.21 bits per heavy atom. The third-order valence-corrected chi connectivity index (χ3v) is 3.34. The number of rotatable bonds is 0. The summed E-state index contributed by atoms with van der Waals surface area (Å²) in [6.45, 7) is 0. The summed E-state index contributed by atoms with van der Waals surface area (Å²) in [5, 5.41) is 1.45. The highest BCUT2D eigenvalue weighted by Crippen LogP contribution is 2.34. The fourth-order valence-electron chi connectivity index (χ4n) is 2.04. The van der Waals surface area contributed by atoms with E-state index in [2.05, 4.69) is 0 Å². The van der Waals surface area contributed by atoms with Crippen LogP contribution in [0.1, 0.15) is 36.4 Å². The summed E-state index contributed by atoms with van der Waals surface area (Å²) in [5.41, 5.74) is 8.40. The molecule has 2 rings (SSSR count). The van der Waals surface area contributed by atoms with Gasteiger partial charge in [-0.1, -0.05) is 29.6 Å². The van der Waals surface area contributed by atoms with E-state index in [9.17, 15) is 0 Å². The molecule has 0 aliphatic heterocycles.